The van der Waals surface area contributed by atoms with Gasteiger partial charge in [0.25, 0.3) is 0 Å². The second-order valence-electron chi connectivity index (χ2n) is 4.10. The predicted molar refractivity (Wildman–Crippen MR) is 76.9 cm³/mol. The molecule has 2 N–H and O–H groups in total. The molecule has 6 nitrogen and oxygen atoms in total. The Bertz CT molecular complexity index is 659. The van der Waals surface area contributed by atoms with Crippen molar-refractivity contribution in [2.75, 3.05) is 18.9 Å². The van der Waals surface area contributed by atoms with E-state index in [1.54, 1.807) is 31.7 Å². The molecule has 2 aromatic rings. The number of hydrogen-bond donors (Lipinski definition) is 2. The Hall–Kier alpha value is -1.99. The largest absolute Gasteiger partial charge is 0.372 e. The number of rotatable bonds is 6. The molecular weight excluding hydrogens is 276 g/mol. The van der Waals surface area contributed by atoms with Gasteiger partial charge < -0.3 is 5.32 Å². The third kappa shape index (κ3) is 3.52. The van der Waals surface area contributed by atoms with Crippen LogP contribution < -0.4 is 10.0 Å². The second kappa shape index (κ2) is 6.44. The second-order valence-corrected chi connectivity index (χ2v) is 5.84. The van der Waals surface area contributed by atoms with Crippen LogP contribution in [0.5, 0.6) is 0 Å². The lowest BCUT2D eigenvalue weighted by atomic mass is 10.2. The Labute approximate surface area is 118 Å². The zero-order valence-electron chi connectivity index (χ0n) is 11.1. The van der Waals surface area contributed by atoms with Gasteiger partial charge in [-0.15, -0.1) is 0 Å². The van der Waals surface area contributed by atoms with E-state index < -0.39 is 10.0 Å². The Morgan fingerprint density at radius 2 is 1.90 bits per heavy atom. The summed E-state index contributed by atoms with van der Waals surface area (Å²) >= 11 is 0. The average molecular weight is 292 g/mol. The summed E-state index contributed by atoms with van der Waals surface area (Å²) in [5, 5.41) is 2.77. The number of nitrogens with zero attached hydrogens (tertiary/aromatic N) is 2. The lowest BCUT2D eigenvalue weighted by Crippen LogP contribution is -2.26. The van der Waals surface area contributed by atoms with Gasteiger partial charge in [-0.2, -0.15) is 0 Å². The number of anilines is 1. The highest BCUT2D eigenvalue weighted by Gasteiger charge is 2.17. The van der Waals surface area contributed by atoms with Crippen LogP contribution in [-0.4, -0.2) is 32.0 Å². The summed E-state index contributed by atoms with van der Waals surface area (Å²) in [7, 11) is -1.93. The maximum Gasteiger partial charge on any atom is 0.244 e. The average Bonchev–Trinajstić information content (AvgIpc) is 2.48. The summed E-state index contributed by atoms with van der Waals surface area (Å²) in [6.45, 7) is 0.324. The molecule has 0 radical (unpaired) electrons. The van der Waals surface area contributed by atoms with Gasteiger partial charge >= 0.3 is 0 Å². The molecule has 106 valence electrons. The van der Waals surface area contributed by atoms with Crippen LogP contribution in [0.2, 0.25) is 0 Å². The number of sulfonamides is 1. The molecule has 0 atom stereocenters. The molecule has 2 heterocycles. The number of nitrogens with one attached hydrogen (secondary N) is 2. The number of hydrogen-bond acceptors (Lipinski definition) is 5. The van der Waals surface area contributed by atoms with Gasteiger partial charge in [-0.05, 0) is 36.2 Å². The fraction of sp³-hybridized carbons (Fsp3) is 0.231. The number of pyridine rings is 2. The molecule has 0 aromatic carbocycles. The van der Waals surface area contributed by atoms with Gasteiger partial charge in [-0.1, -0.05) is 0 Å². The molecule has 0 unspecified atom stereocenters. The van der Waals surface area contributed by atoms with Crippen molar-refractivity contribution in [2.24, 2.45) is 0 Å². The van der Waals surface area contributed by atoms with Crippen LogP contribution in [0.25, 0.3) is 0 Å². The third-order valence-corrected chi connectivity index (χ3v) is 4.24. The first-order chi connectivity index (χ1) is 9.63. The summed E-state index contributed by atoms with van der Waals surface area (Å²) in [6.07, 6.45) is 5.52. The van der Waals surface area contributed by atoms with E-state index in [1.165, 1.54) is 6.07 Å². The molecular formula is C13H16N4O2S. The Morgan fingerprint density at radius 1 is 1.15 bits per heavy atom. The van der Waals surface area contributed by atoms with Crippen LogP contribution in [0.15, 0.2) is 47.8 Å². The monoisotopic (exact) mass is 292 g/mol. The summed E-state index contributed by atoms with van der Waals surface area (Å²) in [4.78, 5) is 8.06. The van der Waals surface area contributed by atoms with E-state index in [2.05, 4.69) is 20.0 Å². The highest BCUT2D eigenvalue weighted by atomic mass is 32.2. The molecule has 20 heavy (non-hydrogen) atoms. The summed E-state index contributed by atoms with van der Waals surface area (Å²) in [5.41, 5.74) is 1.03. The maximum atomic E-state index is 12.2. The highest BCUT2D eigenvalue weighted by molar-refractivity contribution is 7.89. The van der Waals surface area contributed by atoms with E-state index in [4.69, 9.17) is 0 Å². The van der Waals surface area contributed by atoms with Gasteiger partial charge in [0.15, 0.2) is 0 Å². The topological polar surface area (TPSA) is 84.0 Å². The van der Waals surface area contributed by atoms with Crippen molar-refractivity contribution in [3.8, 4) is 0 Å². The lowest BCUT2D eigenvalue weighted by Gasteiger charge is -2.10. The van der Waals surface area contributed by atoms with E-state index in [1.807, 2.05) is 12.1 Å². The predicted octanol–water partition coefficient (Wildman–Crippen LogP) is 1.04. The first kappa shape index (κ1) is 14.4. The van der Waals surface area contributed by atoms with Crippen LogP contribution in [0.1, 0.15) is 5.56 Å². The molecule has 2 rings (SSSR count). The summed E-state index contributed by atoms with van der Waals surface area (Å²) in [5.74, 6) is 0.337. The van der Waals surface area contributed by atoms with E-state index in [0.717, 1.165) is 5.56 Å². The quantitative estimate of drug-likeness (QED) is 0.831. The molecule has 0 saturated heterocycles. The zero-order valence-corrected chi connectivity index (χ0v) is 11.9. The minimum absolute atomic E-state index is 0.150. The Balaban J connectivity index is 2.04. The molecule has 0 saturated carbocycles. The van der Waals surface area contributed by atoms with Crippen molar-refractivity contribution in [1.29, 1.82) is 0 Å². The van der Waals surface area contributed by atoms with Crippen LogP contribution >= 0.6 is 0 Å². The van der Waals surface area contributed by atoms with Gasteiger partial charge in [0.1, 0.15) is 10.7 Å². The molecule has 0 aliphatic rings. The Kier molecular flexibility index (Phi) is 4.65. The normalized spacial score (nSPS) is 11.2. The van der Waals surface area contributed by atoms with Gasteiger partial charge in [0, 0.05) is 32.2 Å². The SMILES string of the molecule is CNc1ncccc1S(=O)(=O)NCCc1ccncc1. The van der Waals surface area contributed by atoms with Gasteiger partial charge in [-0.25, -0.2) is 18.1 Å². The molecule has 0 aliphatic carbocycles. The summed E-state index contributed by atoms with van der Waals surface area (Å²) in [6, 6.07) is 6.83. The molecule has 2 aromatic heterocycles. The molecule has 0 aliphatic heterocycles. The third-order valence-electron chi connectivity index (χ3n) is 2.75. The van der Waals surface area contributed by atoms with Crippen molar-refractivity contribution in [3.05, 3.63) is 48.4 Å². The lowest BCUT2D eigenvalue weighted by molar-refractivity contribution is 0.581. The molecule has 0 bridgehead atoms. The molecule has 0 fully saturated rings. The fourth-order valence-corrected chi connectivity index (χ4v) is 2.95. The molecule has 0 amide bonds. The van der Waals surface area contributed by atoms with E-state index in [-0.39, 0.29) is 4.90 Å². The standard InChI is InChI=1S/C13H16N4O2S/c1-14-13-12(3-2-7-16-13)20(18,19)17-10-6-11-4-8-15-9-5-11/h2-5,7-9,17H,6,10H2,1H3,(H,14,16). The van der Waals surface area contributed by atoms with E-state index >= 15 is 0 Å². The van der Waals surface area contributed by atoms with Gasteiger partial charge in [0.2, 0.25) is 10.0 Å². The Morgan fingerprint density at radius 3 is 2.60 bits per heavy atom. The molecule has 0 spiro atoms. The van der Waals surface area contributed by atoms with Crippen molar-refractivity contribution in [1.82, 2.24) is 14.7 Å². The number of aromatic nitrogens is 2. The van der Waals surface area contributed by atoms with Crippen molar-refractivity contribution < 1.29 is 8.42 Å². The van der Waals surface area contributed by atoms with Gasteiger partial charge in [-0.3, -0.25) is 4.98 Å². The minimum Gasteiger partial charge on any atom is -0.372 e. The van der Waals surface area contributed by atoms with Crippen LogP contribution in [0, 0.1) is 0 Å². The minimum atomic E-state index is -3.56. The first-order valence-corrected chi connectivity index (χ1v) is 7.63. The fourth-order valence-electron chi connectivity index (χ4n) is 1.75. The van der Waals surface area contributed by atoms with Crippen molar-refractivity contribution in [3.63, 3.8) is 0 Å². The van der Waals surface area contributed by atoms with E-state index in [0.29, 0.717) is 18.8 Å². The molecule has 7 heteroatoms. The van der Waals surface area contributed by atoms with Crippen molar-refractivity contribution >= 4 is 15.8 Å². The highest BCUT2D eigenvalue weighted by Crippen LogP contribution is 2.16. The van der Waals surface area contributed by atoms with Crippen molar-refractivity contribution in [2.45, 2.75) is 11.3 Å². The van der Waals surface area contributed by atoms with Crippen LogP contribution in [0.4, 0.5) is 5.82 Å². The zero-order chi connectivity index (χ0) is 14.4. The summed E-state index contributed by atoms with van der Waals surface area (Å²) < 4.78 is 27.0. The van der Waals surface area contributed by atoms with Gasteiger partial charge in [0.05, 0.1) is 0 Å². The maximum absolute atomic E-state index is 12.2. The van der Waals surface area contributed by atoms with Crippen LogP contribution in [-0.2, 0) is 16.4 Å². The smallest absolute Gasteiger partial charge is 0.244 e. The first-order valence-electron chi connectivity index (χ1n) is 6.15. The van der Waals surface area contributed by atoms with Crippen LogP contribution in [0.3, 0.4) is 0 Å². The van der Waals surface area contributed by atoms with E-state index in [9.17, 15) is 8.42 Å².